The van der Waals surface area contributed by atoms with Crippen molar-refractivity contribution in [3.63, 3.8) is 0 Å². The summed E-state index contributed by atoms with van der Waals surface area (Å²) in [6, 6.07) is 5.56. The van der Waals surface area contributed by atoms with Gasteiger partial charge in [0.1, 0.15) is 29.4 Å². The molecule has 198 valence electrons. The first-order valence-corrected chi connectivity index (χ1v) is 13.5. The summed E-state index contributed by atoms with van der Waals surface area (Å²) in [6.45, 7) is 7.32. The Labute approximate surface area is 211 Å². The van der Waals surface area contributed by atoms with E-state index >= 15 is 0 Å². The molecule has 0 unspecified atom stereocenters. The lowest BCUT2D eigenvalue weighted by molar-refractivity contribution is -0.154. The minimum Gasteiger partial charge on any atom is -0.427 e. The van der Waals surface area contributed by atoms with Crippen molar-refractivity contribution >= 4 is 33.3 Å². The van der Waals surface area contributed by atoms with E-state index in [1.807, 2.05) is 11.9 Å². The lowest BCUT2D eigenvalue weighted by Crippen LogP contribution is -2.40. The minimum absolute atomic E-state index is 0.0807. The minimum atomic E-state index is -3.51. The van der Waals surface area contributed by atoms with E-state index in [1.54, 1.807) is 43.8 Å². The normalized spacial score (nSPS) is 15.4. The molecule has 1 aromatic carbocycles. The molecule has 1 aliphatic heterocycles. The second-order valence-electron chi connectivity index (χ2n) is 9.99. The zero-order valence-corrected chi connectivity index (χ0v) is 22.4. The summed E-state index contributed by atoms with van der Waals surface area (Å²) in [5.74, 6) is 0.853. The third-order valence-corrected chi connectivity index (χ3v) is 6.89. The lowest BCUT2D eigenvalue weighted by atomic mass is 9.97. The molecule has 1 fully saturated rings. The fraction of sp³-hybridized carbons (Fsp3) is 0.542. The highest BCUT2D eigenvalue weighted by molar-refractivity contribution is 7.90. The fourth-order valence-corrected chi connectivity index (χ4v) is 4.51. The molecular weight excluding hydrogens is 489 g/mol. The molecular formula is C24H34FN5O5S. The number of halogens is 1. The van der Waals surface area contributed by atoms with Crippen molar-refractivity contribution < 1.29 is 27.2 Å². The Morgan fingerprint density at radius 3 is 2.36 bits per heavy atom. The number of hydrogen-bond donors (Lipinski definition) is 0. The Kier molecular flexibility index (Phi) is 8.40. The van der Waals surface area contributed by atoms with Crippen LogP contribution in [0, 0.1) is 11.7 Å². The Morgan fingerprint density at radius 1 is 1.14 bits per heavy atom. The standard InChI is InChI=1S/C24H34FN5O5S/c1-24(2,3)34-23(31)35-30-11-9-17(10-12-30)15-28(4)21-14-22(27-16-26-21)29(5)20-8-7-18(13-19(20)25)36(6,32)33/h7-8,13-14,16-17H,9-12,15H2,1-6H3. The molecule has 0 N–H and O–H groups in total. The van der Waals surface area contributed by atoms with Gasteiger partial charge in [0, 0.05) is 46.1 Å². The van der Waals surface area contributed by atoms with Crippen molar-refractivity contribution in [2.75, 3.05) is 49.8 Å². The number of sulfone groups is 1. The smallest absolute Gasteiger partial charge is 0.427 e. The van der Waals surface area contributed by atoms with Gasteiger partial charge in [0.2, 0.25) is 0 Å². The van der Waals surface area contributed by atoms with E-state index in [1.165, 1.54) is 18.5 Å². The van der Waals surface area contributed by atoms with Gasteiger partial charge < -0.3 is 19.4 Å². The van der Waals surface area contributed by atoms with Gasteiger partial charge in [-0.3, -0.25) is 0 Å². The molecule has 0 bridgehead atoms. The van der Waals surface area contributed by atoms with Crippen LogP contribution in [-0.4, -0.2) is 75.2 Å². The summed E-state index contributed by atoms with van der Waals surface area (Å²) in [5, 5.41) is 1.63. The molecule has 0 amide bonds. The van der Waals surface area contributed by atoms with Crippen LogP contribution in [-0.2, 0) is 19.4 Å². The molecule has 0 radical (unpaired) electrons. The maximum atomic E-state index is 14.7. The molecule has 0 saturated carbocycles. The van der Waals surface area contributed by atoms with E-state index in [-0.39, 0.29) is 10.6 Å². The molecule has 1 aromatic heterocycles. The van der Waals surface area contributed by atoms with Gasteiger partial charge in [-0.15, -0.1) is 5.06 Å². The maximum Gasteiger partial charge on any atom is 0.528 e. The predicted molar refractivity (Wildman–Crippen MR) is 134 cm³/mol. The van der Waals surface area contributed by atoms with Crippen LogP contribution in [0.3, 0.4) is 0 Å². The lowest BCUT2D eigenvalue weighted by Gasteiger charge is -2.33. The maximum absolute atomic E-state index is 14.7. The van der Waals surface area contributed by atoms with Gasteiger partial charge in [0.05, 0.1) is 10.6 Å². The summed E-state index contributed by atoms with van der Waals surface area (Å²) in [5.41, 5.74) is -0.402. The molecule has 3 rings (SSSR count). The number of ether oxygens (including phenoxy) is 1. The quantitative estimate of drug-likeness (QED) is 0.498. The first-order valence-electron chi connectivity index (χ1n) is 11.7. The highest BCUT2D eigenvalue weighted by Crippen LogP contribution is 2.29. The number of benzene rings is 1. The van der Waals surface area contributed by atoms with Gasteiger partial charge in [-0.2, -0.15) is 0 Å². The topological polar surface area (TPSA) is 105 Å². The zero-order chi connectivity index (χ0) is 26.7. The van der Waals surface area contributed by atoms with Gasteiger partial charge >= 0.3 is 6.16 Å². The average molecular weight is 524 g/mol. The second kappa shape index (κ2) is 11.0. The van der Waals surface area contributed by atoms with Crippen molar-refractivity contribution in [1.29, 1.82) is 0 Å². The van der Waals surface area contributed by atoms with Gasteiger partial charge in [-0.05, 0) is 57.7 Å². The van der Waals surface area contributed by atoms with E-state index in [0.29, 0.717) is 30.6 Å². The van der Waals surface area contributed by atoms with Crippen molar-refractivity contribution in [2.45, 2.75) is 44.1 Å². The summed E-state index contributed by atoms with van der Waals surface area (Å²) in [6.07, 6.45) is 3.43. The first-order chi connectivity index (χ1) is 16.7. The SMILES string of the molecule is CN(CC1CCN(OC(=O)OC(C)(C)C)CC1)c1cc(N(C)c2ccc(S(C)(=O)=O)cc2F)ncn1. The monoisotopic (exact) mass is 523 g/mol. The number of aromatic nitrogens is 2. The molecule has 1 saturated heterocycles. The van der Waals surface area contributed by atoms with E-state index in [0.717, 1.165) is 31.7 Å². The van der Waals surface area contributed by atoms with Crippen molar-refractivity contribution in [2.24, 2.45) is 5.92 Å². The second-order valence-corrected chi connectivity index (χ2v) is 12.0. The molecule has 0 aliphatic carbocycles. The Balaban J connectivity index is 1.59. The van der Waals surface area contributed by atoms with E-state index in [2.05, 4.69) is 9.97 Å². The van der Waals surface area contributed by atoms with Crippen LogP contribution in [0.1, 0.15) is 33.6 Å². The number of anilines is 3. The van der Waals surface area contributed by atoms with E-state index < -0.39 is 27.4 Å². The van der Waals surface area contributed by atoms with Crippen molar-refractivity contribution in [3.05, 3.63) is 36.4 Å². The third-order valence-electron chi connectivity index (χ3n) is 5.78. The van der Waals surface area contributed by atoms with Gasteiger partial charge in [-0.1, -0.05) is 0 Å². The number of carbonyl (C=O) groups excluding carboxylic acids is 1. The third kappa shape index (κ3) is 7.50. The molecule has 0 atom stereocenters. The van der Waals surface area contributed by atoms with Crippen molar-refractivity contribution in [1.82, 2.24) is 15.0 Å². The first kappa shape index (κ1) is 27.6. The fourth-order valence-electron chi connectivity index (χ4n) is 3.88. The van der Waals surface area contributed by atoms with Gasteiger partial charge in [-0.25, -0.2) is 27.6 Å². The average Bonchev–Trinajstić information content (AvgIpc) is 2.78. The summed E-state index contributed by atoms with van der Waals surface area (Å²) >= 11 is 0. The van der Waals surface area contributed by atoms with Crippen molar-refractivity contribution in [3.8, 4) is 0 Å². The van der Waals surface area contributed by atoms with Crippen LogP contribution in [0.5, 0.6) is 0 Å². The van der Waals surface area contributed by atoms with Crippen LogP contribution in [0.4, 0.5) is 26.5 Å². The molecule has 1 aliphatic rings. The largest absolute Gasteiger partial charge is 0.528 e. The Bertz CT molecular complexity index is 1180. The number of carbonyl (C=O) groups is 1. The molecule has 36 heavy (non-hydrogen) atoms. The summed E-state index contributed by atoms with van der Waals surface area (Å²) in [4.78, 5) is 29.3. The molecule has 2 heterocycles. The molecule has 0 spiro atoms. The van der Waals surface area contributed by atoms with E-state index in [9.17, 15) is 17.6 Å². The van der Waals surface area contributed by atoms with Gasteiger partial charge in [0.25, 0.3) is 0 Å². The van der Waals surface area contributed by atoms with Crippen LogP contribution >= 0.6 is 0 Å². The number of piperidine rings is 1. The predicted octanol–water partition coefficient (Wildman–Crippen LogP) is 3.80. The van der Waals surface area contributed by atoms with Crippen LogP contribution in [0.25, 0.3) is 0 Å². The zero-order valence-electron chi connectivity index (χ0n) is 21.6. The number of rotatable bonds is 7. The van der Waals surface area contributed by atoms with Crippen LogP contribution < -0.4 is 9.80 Å². The highest BCUT2D eigenvalue weighted by Gasteiger charge is 2.26. The van der Waals surface area contributed by atoms with Crippen LogP contribution in [0.15, 0.2) is 35.5 Å². The summed E-state index contributed by atoms with van der Waals surface area (Å²) < 4.78 is 43.3. The number of nitrogens with zero attached hydrogens (tertiary/aromatic N) is 5. The molecule has 12 heteroatoms. The van der Waals surface area contributed by atoms with E-state index in [4.69, 9.17) is 9.57 Å². The molecule has 10 nitrogen and oxygen atoms in total. The number of hydroxylamine groups is 2. The van der Waals surface area contributed by atoms with Gasteiger partial charge in [0.15, 0.2) is 9.84 Å². The summed E-state index contributed by atoms with van der Waals surface area (Å²) in [7, 11) is 0.0794. The Morgan fingerprint density at radius 2 is 1.78 bits per heavy atom. The number of hydrogen-bond acceptors (Lipinski definition) is 10. The molecule has 2 aromatic rings. The van der Waals surface area contributed by atoms with Crippen LogP contribution in [0.2, 0.25) is 0 Å². The highest BCUT2D eigenvalue weighted by atomic mass is 32.2. The Hall–Kier alpha value is -2.99.